The Morgan fingerprint density at radius 2 is 2.14 bits per heavy atom. The summed E-state index contributed by atoms with van der Waals surface area (Å²) in [5.41, 5.74) is 8.31. The molecule has 0 unspecified atom stereocenters. The van der Waals surface area contributed by atoms with Gasteiger partial charge in [0, 0.05) is 18.2 Å². The molecule has 0 saturated heterocycles. The Kier molecular flexibility index (Phi) is 4.14. The Morgan fingerprint density at radius 1 is 1.29 bits per heavy atom. The fraction of sp³-hybridized carbons (Fsp3) is 0.526. The maximum absolute atomic E-state index is 4.89. The number of aryl methyl sites for hydroxylation is 1. The van der Waals surface area contributed by atoms with Gasteiger partial charge in [0.1, 0.15) is 0 Å². The summed E-state index contributed by atoms with van der Waals surface area (Å²) >= 11 is 0. The number of aliphatic imine (C=N–C) groups is 1. The number of rotatable bonds is 3. The number of anilines is 1. The van der Waals surface area contributed by atoms with Gasteiger partial charge in [0.2, 0.25) is 0 Å². The second kappa shape index (κ2) is 6.05. The molecule has 2 heteroatoms. The van der Waals surface area contributed by atoms with E-state index in [1.54, 1.807) is 5.57 Å². The molecular formula is C19H26N2. The van der Waals surface area contributed by atoms with Gasteiger partial charge in [0.15, 0.2) is 0 Å². The van der Waals surface area contributed by atoms with E-state index in [1.165, 1.54) is 53.9 Å². The standard InChI is InChI=1S/C19H26N2/c1-4-5-12-20-17-11-7-10-16-14(3)15-9-6-8-13(2)18(15)21-19(16)17/h6,8-9,14,21H,4-5,7,10-12H2,1-3H3/t14-/m1/s1. The Hall–Kier alpha value is -1.57. The fourth-order valence-corrected chi connectivity index (χ4v) is 3.53. The van der Waals surface area contributed by atoms with Crippen LogP contribution in [0.4, 0.5) is 5.69 Å². The summed E-state index contributed by atoms with van der Waals surface area (Å²) < 4.78 is 0. The van der Waals surface area contributed by atoms with Crippen LogP contribution in [0.25, 0.3) is 0 Å². The van der Waals surface area contributed by atoms with E-state index >= 15 is 0 Å². The Morgan fingerprint density at radius 3 is 2.95 bits per heavy atom. The van der Waals surface area contributed by atoms with Crippen LogP contribution in [0.5, 0.6) is 0 Å². The smallest absolute Gasteiger partial charge is 0.0596 e. The number of nitrogens with one attached hydrogen (secondary N) is 1. The zero-order chi connectivity index (χ0) is 14.8. The van der Waals surface area contributed by atoms with Crippen molar-refractivity contribution in [1.29, 1.82) is 0 Å². The van der Waals surface area contributed by atoms with Gasteiger partial charge in [-0.2, -0.15) is 0 Å². The fourth-order valence-electron chi connectivity index (χ4n) is 3.53. The van der Waals surface area contributed by atoms with E-state index in [0.29, 0.717) is 5.92 Å². The van der Waals surface area contributed by atoms with Crippen molar-refractivity contribution < 1.29 is 0 Å². The predicted octanol–water partition coefficient (Wildman–Crippen LogP) is 5.20. The molecule has 3 rings (SSSR count). The Balaban J connectivity index is 1.98. The monoisotopic (exact) mass is 282 g/mol. The molecule has 0 bridgehead atoms. The first-order valence-electron chi connectivity index (χ1n) is 8.35. The summed E-state index contributed by atoms with van der Waals surface area (Å²) in [4.78, 5) is 4.89. The summed E-state index contributed by atoms with van der Waals surface area (Å²) in [6, 6.07) is 6.64. The highest BCUT2D eigenvalue weighted by molar-refractivity contribution is 6.05. The molecule has 0 radical (unpaired) electrons. The molecule has 1 heterocycles. The van der Waals surface area contributed by atoms with Crippen molar-refractivity contribution in [3.63, 3.8) is 0 Å². The van der Waals surface area contributed by atoms with Crippen LogP contribution in [0.1, 0.15) is 63.0 Å². The summed E-state index contributed by atoms with van der Waals surface area (Å²) in [6.07, 6.45) is 6.00. The normalized spacial score (nSPS) is 22.8. The van der Waals surface area contributed by atoms with Crippen molar-refractivity contribution in [3.8, 4) is 0 Å². The topological polar surface area (TPSA) is 24.4 Å². The van der Waals surface area contributed by atoms with Crippen LogP contribution in [-0.4, -0.2) is 12.3 Å². The van der Waals surface area contributed by atoms with E-state index < -0.39 is 0 Å². The van der Waals surface area contributed by atoms with E-state index in [1.807, 2.05) is 0 Å². The van der Waals surface area contributed by atoms with Gasteiger partial charge >= 0.3 is 0 Å². The number of hydrogen-bond acceptors (Lipinski definition) is 2. The summed E-state index contributed by atoms with van der Waals surface area (Å²) in [5, 5.41) is 3.72. The van der Waals surface area contributed by atoms with Crippen LogP contribution in [0.15, 0.2) is 34.5 Å². The SMILES string of the molecule is CCCCN=C1CCCC2=C1Nc1c(C)cccc1[C@H]2C. The number of unbranched alkanes of at least 4 members (excludes halogenated alkanes) is 1. The van der Waals surface area contributed by atoms with E-state index in [2.05, 4.69) is 44.3 Å². The van der Waals surface area contributed by atoms with Gasteiger partial charge in [-0.3, -0.25) is 4.99 Å². The number of fused-ring (bicyclic) bond motifs is 1. The van der Waals surface area contributed by atoms with Crippen LogP contribution in [0, 0.1) is 6.92 Å². The molecule has 1 aromatic rings. The van der Waals surface area contributed by atoms with Crippen LogP contribution in [0.2, 0.25) is 0 Å². The minimum Gasteiger partial charge on any atom is -0.354 e. The first-order chi connectivity index (χ1) is 10.2. The van der Waals surface area contributed by atoms with Crippen molar-refractivity contribution in [2.75, 3.05) is 11.9 Å². The molecule has 1 aromatic carbocycles. The highest BCUT2D eigenvalue weighted by atomic mass is 14.9. The molecule has 2 aliphatic rings. The van der Waals surface area contributed by atoms with Gasteiger partial charge in [0.05, 0.1) is 11.4 Å². The van der Waals surface area contributed by atoms with Crippen LogP contribution < -0.4 is 5.32 Å². The van der Waals surface area contributed by atoms with Gasteiger partial charge in [-0.1, -0.05) is 38.5 Å². The molecule has 1 N–H and O–H groups in total. The second-order valence-corrected chi connectivity index (χ2v) is 6.32. The van der Waals surface area contributed by atoms with Crippen molar-refractivity contribution in [2.24, 2.45) is 4.99 Å². The van der Waals surface area contributed by atoms with Gasteiger partial charge in [-0.15, -0.1) is 0 Å². The first-order valence-corrected chi connectivity index (χ1v) is 8.35. The summed E-state index contributed by atoms with van der Waals surface area (Å²) in [6.45, 7) is 7.75. The number of para-hydroxylation sites is 1. The number of benzene rings is 1. The second-order valence-electron chi connectivity index (χ2n) is 6.32. The Labute approximate surface area is 128 Å². The maximum atomic E-state index is 4.89. The van der Waals surface area contributed by atoms with Gasteiger partial charge in [0.25, 0.3) is 0 Å². The molecular weight excluding hydrogens is 256 g/mol. The van der Waals surface area contributed by atoms with Crippen molar-refractivity contribution in [3.05, 3.63) is 40.6 Å². The lowest BCUT2D eigenvalue weighted by atomic mass is 9.79. The average molecular weight is 282 g/mol. The molecule has 112 valence electrons. The minimum atomic E-state index is 0.521. The van der Waals surface area contributed by atoms with Gasteiger partial charge < -0.3 is 5.32 Å². The third kappa shape index (κ3) is 2.64. The van der Waals surface area contributed by atoms with Crippen LogP contribution in [0.3, 0.4) is 0 Å². The average Bonchev–Trinajstić information content (AvgIpc) is 2.49. The third-order valence-electron chi connectivity index (χ3n) is 4.83. The zero-order valence-electron chi connectivity index (χ0n) is 13.5. The molecule has 1 atom stereocenters. The number of allylic oxidation sites excluding steroid dienone is 2. The minimum absolute atomic E-state index is 0.521. The van der Waals surface area contributed by atoms with Gasteiger partial charge in [-0.25, -0.2) is 0 Å². The molecule has 1 aliphatic carbocycles. The van der Waals surface area contributed by atoms with E-state index in [0.717, 1.165) is 13.0 Å². The zero-order valence-corrected chi connectivity index (χ0v) is 13.5. The highest BCUT2D eigenvalue weighted by Crippen LogP contribution is 2.43. The lowest BCUT2D eigenvalue weighted by Gasteiger charge is -2.34. The quantitative estimate of drug-likeness (QED) is 0.757. The maximum Gasteiger partial charge on any atom is 0.0596 e. The number of hydrogen-bond donors (Lipinski definition) is 1. The number of nitrogens with zero attached hydrogens (tertiary/aromatic N) is 1. The Bertz CT molecular complexity index is 596. The largest absolute Gasteiger partial charge is 0.354 e. The molecule has 0 spiro atoms. The molecule has 0 fully saturated rings. The molecule has 1 aliphatic heterocycles. The molecule has 0 amide bonds. The summed E-state index contributed by atoms with van der Waals surface area (Å²) in [7, 11) is 0. The molecule has 2 nitrogen and oxygen atoms in total. The third-order valence-corrected chi connectivity index (χ3v) is 4.83. The van der Waals surface area contributed by atoms with Crippen molar-refractivity contribution in [1.82, 2.24) is 0 Å². The van der Waals surface area contributed by atoms with Crippen molar-refractivity contribution >= 4 is 11.4 Å². The lowest BCUT2D eigenvalue weighted by Crippen LogP contribution is -2.26. The summed E-state index contributed by atoms with van der Waals surface area (Å²) in [5.74, 6) is 0.521. The van der Waals surface area contributed by atoms with Gasteiger partial charge in [-0.05, 0) is 49.3 Å². The van der Waals surface area contributed by atoms with E-state index in [-0.39, 0.29) is 0 Å². The van der Waals surface area contributed by atoms with E-state index in [9.17, 15) is 0 Å². The van der Waals surface area contributed by atoms with Crippen molar-refractivity contribution in [2.45, 2.75) is 58.8 Å². The molecule has 0 saturated carbocycles. The molecule has 0 aromatic heterocycles. The first kappa shape index (κ1) is 14.4. The van der Waals surface area contributed by atoms with Crippen LogP contribution in [-0.2, 0) is 0 Å². The predicted molar refractivity (Wildman–Crippen MR) is 91.3 cm³/mol. The lowest BCUT2D eigenvalue weighted by molar-refractivity contribution is 0.721. The highest BCUT2D eigenvalue weighted by Gasteiger charge is 2.29. The van der Waals surface area contributed by atoms with E-state index in [4.69, 9.17) is 4.99 Å². The van der Waals surface area contributed by atoms with Crippen LogP contribution >= 0.6 is 0 Å². The molecule has 21 heavy (non-hydrogen) atoms.